The second-order valence-corrected chi connectivity index (χ2v) is 5.99. The molecule has 0 aliphatic heterocycles. The molecule has 0 saturated carbocycles. The summed E-state index contributed by atoms with van der Waals surface area (Å²) in [7, 11) is 0. The highest BCUT2D eigenvalue weighted by Gasteiger charge is 2.10. The smallest absolute Gasteiger partial charge is 0.0687 e. The van der Waals surface area contributed by atoms with Crippen LogP contribution in [-0.4, -0.2) is 5.71 Å². The first-order chi connectivity index (χ1) is 11.1. The molecule has 0 bridgehead atoms. The van der Waals surface area contributed by atoms with Gasteiger partial charge in [0.2, 0.25) is 0 Å². The molecule has 3 aromatic rings. The zero-order valence-electron chi connectivity index (χ0n) is 14.0. The van der Waals surface area contributed by atoms with Crippen LogP contribution in [0.4, 0.5) is 0 Å². The van der Waals surface area contributed by atoms with Crippen LogP contribution in [0.5, 0.6) is 0 Å². The molecule has 0 radical (unpaired) electrons. The lowest BCUT2D eigenvalue weighted by atomic mass is 9.92. The van der Waals surface area contributed by atoms with Gasteiger partial charge in [0, 0.05) is 11.1 Å². The highest BCUT2D eigenvalue weighted by atomic mass is 35.5. The SMILES string of the molecule is Cc1ccc(C(=N)c2ccccc2Cc2ccccc2)cc1C.Cl. The Kier molecular flexibility index (Phi) is 5.94. The highest BCUT2D eigenvalue weighted by molar-refractivity contribution is 6.11. The molecule has 0 saturated heterocycles. The Morgan fingerprint density at radius 3 is 2.17 bits per heavy atom. The van der Waals surface area contributed by atoms with Crippen molar-refractivity contribution in [3.63, 3.8) is 0 Å². The van der Waals surface area contributed by atoms with Gasteiger partial charge in [0.1, 0.15) is 0 Å². The summed E-state index contributed by atoms with van der Waals surface area (Å²) in [6.07, 6.45) is 0.851. The predicted octanol–water partition coefficient (Wildman–Crippen LogP) is 5.73. The van der Waals surface area contributed by atoms with Gasteiger partial charge in [-0.2, -0.15) is 0 Å². The quantitative estimate of drug-likeness (QED) is 0.588. The highest BCUT2D eigenvalue weighted by Crippen LogP contribution is 2.19. The minimum absolute atomic E-state index is 0. The van der Waals surface area contributed by atoms with E-state index in [2.05, 4.69) is 68.4 Å². The van der Waals surface area contributed by atoms with Gasteiger partial charge in [-0.1, -0.05) is 66.7 Å². The van der Waals surface area contributed by atoms with Crippen LogP contribution < -0.4 is 0 Å². The Bertz CT molecular complexity index is 838. The van der Waals surface area contributed by atoms with Crippen LogP contribution >= 0.6 is 12.4 Å². The number of rotatable bonds is 4. The van der Waals surface area contributed by atoms with Crippen LogP contribution in [0.1, 0.15) is 33.4 Å². The Morgan fingerprint density at radius 2 is 1.46 bits per heavy atom. The predicted molar refractivity (Wildman–Crippen MR) is 105 cm³/mol. The van der Waals surface area contributed by atoms with E-state index in [9.17, 15) is 0 Å². The van der Waals surface area contributed by atoms with Crippen molar-refractivity contribution in [3.8, 4) is 0 Å². The zero-order valence-corrected chi connectivity index (χ0v) is 14.9. The van der Waals surface area contributed by atoms with Crippen molar-refractivity contribution >= 4 is 18.1 Å². The molecule has 0 aliphatic rings. The summed E-state index contributed by atoms with van der Waals surface area (Å²) >= 11 is 0. The van der Waals surface area contributed by atoms with Gasteiger partial charge < -0.3 is 0 Å². The van der Waals surface area contributed by atoms with Crippen molar-refractivity contribution in [1.29, 1.82) is 5.41 Å². The van der Waals surface area contributed by atoms with Crippen molar-refractivity contribution in [1.82, 2.24) is 0 Å². The standard InChI is InChI=1S/C22H21N.ClH/c1-16-12-13-20(14-17(16)2)22(23)21-11-7-6-10-19(21)15-18-8-4-3-5-9-18;/h3-14,23H,15H2,1-2H3;1H. The molecule has 0 heterocycles. The van der Waals surface area contributed by atoms with Crippen molar-refractivity contribution in [2.75, 3.05) is 0 Å². The lowest BCUT2D eigenvalue weighted by Crippen LogP contribution is -2.06. The Balaban J connectivity index is 0.00000208. The molecule has 0 aliphatic carbocycles. The van der Waals surface area contributed by atoms with E-state index in [1.807, 2.05) is 18.2 Å². The second-order valence-electron chi connectivity index (χ2n) is 5.99. The van der Waals surface area contributed by atoms with Crippen LogP contribution in [0.25, 0.3) is 0 Å². The summed E-state index contributed by atoms with van der Waals surface area (Å²) in [6.45, 7) is 4.20. The molecule has 0 spiro atoms. The van der Waals surface area contributed by atoms with Gasteiger partial charge >= 0.3 is 0 Å². The maximum atomic E-state index is 8.64. The molecule has 122 valence electrons. The van der Waals surface area contributed by atoms with Crippen LogP contribution in [-0.2, 0) is 6.42 Å². The van der Waals surface area contributed by atoms with Crippen molar-refractivity contribution < 1.29 is 0 Å². The Morgan fingerprint density at radius 1 is 0.792 bits per heavy atom. The minimum Gasteiger partial charge on any atom is -0.300 e. The lowest BCUT2D eigenvalue weighted by molar-refractivity contribution is 1.18. The first-order valence-corrected chi connectivity index (χ1v) is 7.93. The maximum absolute atomic E-state index is 8.64. The fourth-order valence-corrected chi connectivity index (χ4v) is 2.79. The fraction of sp³-hybridized carbons (Fsp3) is 0.136. The largest absolute Gasteiger partial charge is 0.300 e. The third-order valence-corrected chi connectivity index (χ3v) is 4.32. The fourth-order valence-electron chi connectivity index (χ4n) is 2.79. The monoisotopic (exact) mass is 335 g/mol. The average Bonchev–Trinajstić information content (AvgIpc) is 2.58. The van der Waals surface area contributed by atoms with Crippen LogP contribution in [0.3, 0.4) is 0 Å². The van der Waals surface area contributed by atoms with E-state index in [1.165, 1.54) is 22.3 Å². The first kappa shape index (κ1) is 18.0. The molecule has 1 N–H and O–H groups in total. The topological polar surface area (TPSA) is 23.9 Å². The molecule has 0 atom stereocenters. The van der Waals surface area contributed by atoms with Gasteiger partial charge in [-0.25, -0.2) is 0 Å². The number of hydrogen-bond acceptors (Lipinski definition) is 1. The van der Waals surface area contributed by atoms with Gasteiger partial charge in [-0.3, -0.25) is 5.41 Å². The number of benzene rings is 3. The number of aryl methyl sites for hydroxylation is 2. The summed E-state index contributed by atoms with van der Waals surface area (Å²) in [6, 6.07) is 24.9. The van der Waals surface area contributed by atoms with Gasteiger partial charge in [0.25, 0.3) is 0 Å². The van der Waals surface area contributed by atoms with E-state index in [4.69, 9.17) is 5.41 Å². The van der Waals surface area contributed by atoms with Crippen molar-refractivity contribution in [2.24, 2.45) is 0 Å². The normalized spacial score (nSPS) is 10.1. The molecule has 3 rings (SSSR count). The van der Waals surface area contributed by atoms with E-state index >= 15 is 0 Å². The summed E-state index contributed by atoms with van der Waals surface area (Å²) in [4.78, 5) is 0. The Hall–Kier alpha value is -2.38. The molecular weight excluding hydrogens is 314 g/mol. The van der Waals surface area contributed by atoms with E-state index in [0.717, 1.165) is 17.5 Å². The van der Waals surface area contributed by atoms with E-state index in [-0.39, 0.29) is 12.4 Å². The molecule has 0 amide bonds. The molecule has 0 aromatic heterocycles. The van der Waals surface area contributed by atoms with Crippen LogP contribution in [0.15, 0.2) is 72.8 Å². The summed E-state index contributed by atoms with van der Waals surface area (Å²) in [5.41, 5.74) is 7.55. The maximum Gasteiger partial charge on any atom is 0.0687 e. The number of hydrogen-bond donors (Lipinski definition) is 1. The molecule has 0 fully saturated rings. The zero-order chi connectivity index (χ0) is 16.2. The van der Waals surface area contributed by atoms with Gasteiger partial charge in [0.15, 0.2) is 0 Å². The second kappa shape index (κ2) is 7.94. The Labute approximate surface area is 150 Å². The number of halogens is 1. The minimum atomic E-state index is 0. The van der Waals surface area contributed by atoms with Gasteiger partial charge in [-0.15, -0.1) is 12.4 Å². The van der Waals surface area contributed by atoms with Crippen LogP contribution in [0.2, 0.25) is 0 Å². The van der Waals surface area contributed by atoms with E-state index in [1.54, 1.807) is 0 Å². The van der Waals surface area contributed by atoms with E-state index in [0.29, 0.717) is 5.71 Å². The number of nitrogens with one attached hydrogen (secondary N) is 1. The first-order valence-electron chi connectivity index (χ1n) is 7.93. The summed E-state index contributed by atoms with van der Waals surface area (Å²) in [5.74, 6) is 0. The molecule has 3 aromatic carbocycles. The van der Waals surface area contributed by atoms with Crippen molar-refractivity contribution in [2.45, 2.75) is 20.3 Å². The summed E-state index contributed by atoms with van der Waals surface area (Å²) in [5, 5.41) is 8.64. The van der Waals surface area contributed by atoms with Crippen LogP contribution in [0, 0.1) is 19.3 Å². The summed E-state index contributed by atoms with van der Waals surface area (Å²) < 4.78 is 0. The van der Waals surface area contributed by atoms with Gasteiger partial charge in [-0.05, 0) is 48.6 Å². The molecule has 2 heteroatoms. The average molecular weight is 336 g/mol. The molecule has 24 heavy (non-hydrogen) atoms. The third kappa shape index (κ3) is 3.93. The lowest BCUT2D eigenvalue weighted by Gasteiger charge is -2.12. The van der Waals surface area contributed by atoms with E-state index < -0.39 is 0 Å². The molecule has 0 unspecified atom stereocenters. The van der Waals surface area contributed by atoms with Gasteiger partial charge in [0.05, 0.1) is 5.71 Å². The molecule has 1 nitrogen and oxygen atoms in total. The van der Waals surface area contributed by atoms with Crippen molar-refractivity contribution in [3.05, 3.63) is 106 Å². The third-order valence-electron chi connectivity index (χ3n) is 4.32. The molecular formula is C22H22ClN.